The second-order valence-corrected chi connectivity index (χ2v) is 8.11. The summed E-state index contributed by atoms with van der Waals surface area (Å²) in [6.45, 7) is 3.99. The van der Waals surface area contributed by atoms with Crippen molar-refractivity contribution in [3.63, 3.8) is 0 Å². The van der Waals surface area contributed by atoms with Crippen LogP contribution in [0.15, 0.2) is 36.7 Å². The third kappa shape index (κ3) is 3.58. The van der Waals surface area contributed by atoms with Crippen LogP contribution in [0.2, 0.25) is 0 Å². The van der Waals surface area contributed by atoms with Crippen LogP contribution in [0.5, 0.6) is 5.75 Å². The van der Waals surface area contributed by atoms with Crippen molar-refractivity contribution in [2.45, 2.75) is 44.9 Å². The minimum atomic E-state index is -4.52. The van der Waals surface area contributed by atoms with Crippen LogP contribution < -0.4 is 4.74 Å². The van der Waals surface area contributed by atoms with E-state index >= 15 is 0 Å². The molecule has 0 fully saturated rings. The minimum Gasteiger partial charge on any atom is -0.486 e. The van der Waals surface area contributed by atoms with Gasteiger partial charge < -0.3 is 4.74 Å². The lowest BCUT2D eigenvalue weighted by Crippen LogP contribution is -2.40. The molecule has 9 heteroatoms. The molecule has 1 aromatic carbocycles. The predicted octanol–water partition coefficient (Wildman–Crippen LogP) is 5.81. The van der Waals surface area contributed by atoms with Gasteiger partial charge in [-0.3, -0.25) is 9.78 Å². The van der Waals surface area contributed by atoms with Gasteiger partial charge in [0.25, 0.3) is 0 Å². The number of carbonyl (C=O) groups excluding carboxylic acids is 1. The number of hydrogen-bond donors (Lipinski definition) is 0. The van der Waals surface area contributed by atoms with Gasteiger partial charge in [-0.05, 0) is 37.1 Å². The number of hydrogen-bond acceptors (Lipinski definition) is 6. The molecule has 0 bridgehead atoms. The molecule has 1 aliphatic heterocycles. The molecule has 30 heavy (non-hydrogen) atoms. The summed E-state index contributed by atoms with van der Waals surface area (Å²) in [5.74, 6) is 0.508. The van der Waals surface area contributed by atoms with E-state index < -0.39 is 17.3 Å². The van der Waals surface area contributed by atoms with Crippen LogP contribution in [-0.2, 0) is 6.18 Å². The van der Waals surface area contributed by atoms with Crippen molar-refractivity contribution in [3.8, 4) is 26.9 Å². The number of pyridine rings is 1. The topological polar surface area (TPSA) is 65.0 Å². The summed E-state index contributed by atoms with van der Waals surface area (Å²) in [4.78, 5) is 16.5. The fraction of sp³-hybridized carbons (Fsp3) is 0.333. The lowest BCUT2D eigenvalue weighted by molar-refractivity contribution is -0.137. The molecule has 0 atom stereocenters. The number of halogens is 3. The fourth-order valence-corrected chi connectivity index (χ4v) is 4.40. The molecule has 3 heterocycles. The molecule has 0 N–H and O–H groups in total. The lowest BCUT2D eigenvalue weighted by Gasteiger charge is -2.36. The molecule has 156 valence electrons. The fourth-order valence-electron chi connectivity index (χ4n) is 3.53. The molecule has 0 saturated carbocycles. The highest BCUT2D eigenvalue weighted by Crippen LogP contribution is 2.41. The molecule has 5 nitrogen and oxygen atoms in total. The molecular weight excluding hydrogens is 415 g/mol. The smallest absolute Gasteiger partial charge is 0.417 e. The molecule has 0 amide bonds. The third-order valence-electron chi connectivity index (χ3n) is 5.41. The second kappa shape index (κ2) is 7.46. The van der Waals surface area contributed by atoms with Gasteiger partial charge in [-0.1, -0.05) is 25.2 Å². The van der Waals surface area contributed by atoms with E-state index in [1.54, 1.807) is 18.2 Å². The quantitative estimate of drug-likeness (QED) is 0.520. The standard InChI is InChI=1S/C21H18F3N3O2S/c1-3-20(4-2)10-16(28)13-9-12(5-6-17(13)29-20)18-26-27-19(30-18)14-11-25-8-7-15(14)21(22,23)24/h5-9,11H,3-4,10H2,1-2H3. The molecule has 0 unspecified atom stereocenters. The summed E-state index contributed by atoms with van der Waals surface area (Å²) in [5.41, 5.74) is -0.367. The molecule has 0 aliphatic carbocycles. The number of benzene rings is 1. The van der Waals surface area contributed by atoms with Gasteiger partial charge in [0.15, 0.2) is 5.78 Å². The first-order chi connectivity index (χ1) is 14.3. The Morgan fingerprint density at radius 1 is 1.10 bits per heavy atom. The van der Waals surface area contributed by atoms with E-state index in [9.17, 15) is 18.0 Å². The average molecular weight is 433 g/mol. The Bertz CT molecular complexity index is 1110. The van der Waals surface area contributed by atoms with Crippen LogP contribution >= 0.6 is 11.3 Å². The zero-order valence-electron chi connectivity index (χ0n) is 16.3. The predicted molar refractivity (Wildman–Crippen MR) is 106 cm³/mol. The monoisotopic (exact) mass is 433 g/mol. The van der Waals surface area contributed by atoms with E-state index in [1.165, 1.54) is 0 Å². The Labute approximate surface area is 174 Å². The maximum absolute atomic E-state index is 13.3. The summed E-state index contributed by atoms with van der Waals surface area (Å²) < 4.78 is 46.0. The maximum atomic E-state index is 13.3. The number of carbonyl (C=O) groups is 1. The Hall–Kier alpha value is -2.81. The van der Waals surface area contributed by atoms with Gasteiger partial charge >= 0.3 is 6.18 Å². The van der Waals surface area contributed by atoms with Crippen LogP contribution in [0, 0.1) is 0 Å². The number of rotatable bonds is 4. The van der Waals surface area contributed by atoms with Crippen molar-refractivity contribution in [2.24, 2.45) is 0 Å². The number of ether oxygens (including phenoxy) is 1. The summed E-state index contributed by atoms with van der Waals surface area (Å²) >= 11 is 1.02. The minimum absolute atomic E-state index is 0.0156. The van der Waals surface area contributed by atoms with E-state index in [0.717, 1.165) is 42.6 Å². The summed E-state index contributed by atoms with van der Waals surface area (Å²) in [5, 5.41) is 8.50. The SMILES string of the molecule is CCC1(CC)CC(=O)c2cc(-c3nnc(-c4cnccc4C(F)(F)F)s3)ccc2O1. The van der Waals surface area contributed by atoms with Crippen molar-refractivity contribution in [3.05, 3.63) is 47.8 Å². The number of ketones is 1. The second-order valence-electron chi connectivity index (χ2n) is 7.13. The highest BCUT2D eigenvalue weighted by Gasteiger charge is 2.38. The van der Waals surface area contributed by atoms with Crippen molar-refractivity contribution >= 4 is 17.1 Å². The van der Waals surface area contributed by atoms with E-state index in [2.05, 4.69) is 15.2 Å². The van der Waals surface area contributed by atoms with Gasteiger partial charge in [-0.2, -0.15) is 13.2 Å². The van der Waals surface area contributed by atoms with Crippen LogP contribution in [-0.4, -0.2) is 26.6 Å². The number of aromatic nitrogens is 3. The van der Waals surface area contributed by atoms with Gasteiger partial charge in [-0.15, -0.1) is 10.2 Å². The van der Waals surface area contributed by atoms with Crippen molar-refractivity contribution in [2.75, 3.05) is 0 Å². The van der Waals surface area contributed by atoms with E-state index in [0.29, 0.717) is 28.3 Å². The van der Waals surface area contributed by atoms with Gasteiger partial charge in [0.2, 0.25) is 0 Å². The number of Topliss-reactive ketones (excluding diaryl/α,β-unsaturated/α-hetero) is 1. The van der Waals surface area contributed by atoms with Gasteiger partial charge in [0, 0.05) is 23.5 Å². The number of alkyl halides is 3. The van der Waals surface area contributed by atoms with Crippen LogP contribution in [0.3, 0.4) is 0 Å². The summed E-state index contributed by atoms with van der Waals surface area (Å²) in [7, 11) is 0. The van der Waals surface area contributed by atoms with Gasteiger partial charge in [0.05, 0.1) is 17.5 Å². The van der Waals surface area contributed by atoms with E-state index in [1.807, 2.05) is 13.8 Å². The zero-order chi connectivity index (χ0) is 21.5. The highest BCUT2D eigenvalue weighted by molar-refractivity contribution is 7.17. The summed E-state index contributed by atoms with van der Waals surface area (Å²) in [6.07, 6.45) is -0.554. The van der Waals surface area contributed by atoms with Crippen LogP contribution in [0.4, 0.5) is 13.2 Å². The third-order valence-corrected chi connectivity index (χ3v) is 6.41. The molecule has 3 aromatic rings. The van der Waals surface area contributed by atoms with E-state index in [4.69, 9.17) is 4.74 Å². The van der Waals surface area contributed by atoms with Crippen LogP contribution in [0.1, 0.15) is 49.0 Å². The lowest BCUT2D eigenvalue weighted by atomic mass is 9.85. The van der Waals surface area contributed by atoms with Gasteiger partial charge in [0.1, 0.15) is 21.4 Å². The molecule has 2 aromatic heterocycles. The first-order valence-electron chi connectivity index (χ1n) is 9.48. The maximum Gasteiger partial charge on any atom is 0.417 e. The molecule has 0 spiro atoms. The molecule has 0 radical (unpaired) electrons. The zero-order valence-corrected chi connectivity index (χ0v) is 17.1. The Kier molecular flexibility index (Phi) is 5.09. The Balaban J connectivity index is 1.70. The average Bonchev–Trinajstić information content (AvgIpc) is 3.23. The normalized spacial score (nSPS) is 15.6. The van der Waals surface area contributed by atoms with E-state index in [-0.39, 0.29) is 16.4 Å². The van der Waals surface area contributed by atoms with Gasteiger partial charge in [-0.25, -0.2) is 0 Å². The van der Waals surface area contributed by atoms with Crippen LogP contribution in [0.25, 0.3) is 21.1 Å². The summed E-state index contributed by atoms with van der Waals surface area (Å²) in [6, 6.07) is 6.05. The van der Waals surface area contributed by atoms with Crippen molar-refractivity contribution in [1.29, 1.82) is 0 Å². The Morgan fingerprint density at radius 3 is 2.53 bits per heavy atom. The molecular formula is C21H18F3N3O2S. The first-order valence-corrected chi connectivity index (χ1v) is 10.3. The largest absolute Gasteiger partial charge is 0.486 e. The number of nitrogens with zero attached hydrogens (tertiary/aromatic N) is 3. The molecule has 4 rings (SSSR count). The highest BCUT2D eigenvalue weighted by atomic mass is 32.1. The molecule has 1 aliphatic rings. The Morgan fingerprint density at radius 2 is 1.83 bits per heavy atom. The molecule has 0 saturated heterocycles. The number of fused-ring (bicyclic) bond motifs is 1. The first kappa shape index (κ1) is 20.5. The van der Waals surface area contributed by atoms with Crippen molar-refractivity contribution < 1.29 is 22.7 Å². The van der Waals surface area contributed by atoms with Crippen molar-refractivity contribution in [1.82, 2.24) is 15.2 Å².